The van der Waals surface area contributed by atoms with E-state index in [1.54, 1.807) is 37.4 Å². The maximum absolute atomic E-state index is 14.0. The standard InChI is InChI=1S/C21H21F2N5O2/c1-14(13-30-2)25-20-24-12-11-18(26-20)28(15-7-4-3-5-8-15)21(29)27-19-16(22)9-6-10-17(19)23/h3-12,14H,13H2,1-2H3,(H,27,29)(H,24,25,26). The molecule has 2 amide bonds. The summed E-state index contributed by atoms with van der Waals surface area (Å²) in [6.45, 7) is 2.32. The molecular formula is C21H21F2N5O2. The molecule has 7 nitrogen and oxygen atoms in total. The summed E-state index contributed by atoms with van der Waals surface area (Å²) in [5.74, 6) is -1.26. The Morgan fingerprint density at radius 1 is 1.10 bits per heavy atom. The Labute approximate surface area is 172 Å². The summed E-state index contributed by atoms with van der Waals surface area (Å²) in [5.41, 5.74) is -0.0779. The van der Waals surface area contributed by atoms with Gasteiger partial charge < -0.3 is 15.4 Å². The molecular weight excluding hydrogens is 392 g/mol. The van der Waals surface area contributed by atoms with Gasteiger partial charge in [0.15, 0.2) is 0 Å². The van der Waals surface area contributed by atoms with Crippen molar-refractivity contribution >= 4 is 29.2 Å². The zero-order chi connectivity index (χ0) is 21.5. The summed E-state index contributed by atoms with van der Waals surface area (Å²) >= 11 is 0. The Bertz CT molecular complexity index is 983. The van der Waals surface area contributed by atoms with Gasteiger partial charge in [0.25, 0.3) is 0 Å². The van der Waals surface area contributed by atoms with Crippen molar-refractivity contribution in [2.24, 2.45) is 0 Å². The summed E-state index contributed by atoms with van der Waals surface area (Å²) in [6, 6.07) is 12.6. The molecule has 0 fully saturated rings. The van der Waals surface area contributed by atoms with E-state index >= 15 is 0 Å². The number of urea groups is 1. The molecule has 0 spiro atoms. The average Bonchev–Trinajstić information content (AvgIpc) is 2.72. The smallest absolute Gasteiger partial charge is 0.332 e. The van der Waals surface area contributed by atoms with E-state index in [4.69, 9.17) is 4.74 Å². The molecule has 0 aliphatic rings. The van der Waals surface area contributed by atoms with Crippen molar-refractivity contribution in [3.63, 3.8) is 0 Å². The number of carbonyl (C=O) groups is 1. The highest BCUT2D eigenvalue weighted by molar-refractivity contribution is 6.06. The molecule has 1 atom stereocenters. The van der Waals surface area contributed by atoms with Gasteiger partial charge in [0.05, 0.1) is 12.3 Å². The molecule has 0 aliphatic heterocycles. The zero-order valence-corrected chi connectivity index (χ0v) is 16.5. The molecule has 30 heavy (non-hydrogen) atoms. The molecule has 0 saturated carbocycles. The number of nitrogens with zero attached hydrogens (tertiary/aromatic N) is 3. The van der Waals surface area contributed by atoms with Gasteiger partial charge >= 0.3 is 6.03 Å². The summed E-state index contributed by atoms with van der Waals surface area (Å²) in [7, 11) is 1.58. The number of halogens is 2. The van der Waals surface area contributed by atoms with Crippen LogP contribution < -0.4 is 15.5 Å². The van der Waals surface area contributed by atoms with Gasteiger partial charge in [-0.25, -0.2) is 23.5 Å². The number of ether oxygens (including phenoxy) is 1. The second-order valence-corrected chi connectivity index (χ2v) is 6.44. The van der Waals surface area contributed by atoms with Gasteiger partial charge in [-0.05, 0) is 31.2 Å². The second-order valence-electron chi connectivity index (χ2n) is 6.44. The Balaban J connectivity index is 1.95. The predicted molar refractivity (Wildman–Crippen MR) is 111 cm³/mol. The Hall–Kier alpha value is -3.59. The monoisotopic (exact) mass is 413 g/mol. The van der Waals surface area contributed by atoms with Gasteiger partial charge in [-0.1, -0.05) is 24.3 Å². The van der Waals surface area contributed by atoms with Crippen molar-refractivity contribution < 1.29 is 18.3 Å². The van der Waals surface area contributed by atoms with Gasteiger partial charge in [-0.3, -0.25) is 0 Å². The van der Waals surface area contributed by atoms with E-state index in [9.17, 15) is 13.6 Å². The first-order valence-electron chi connectivity index (χ1n) is 9.18. The van der Waals surface area contributed by atoms with E-state index in [-0.39, 0.29) is 17.8 Å². The number of hydrogen-bond donors (Lipinski definition) is 2. The van der Waals surface area contributed by atoms with Crippen LogP contribution in [0.2, 0.25) is 0 Å². The van der Waals surface area contributed by atoms with Crippen LogP contribution >= 0.6 is 0 Å². The lowest BCUT2D eigenvalue weighted by Gasteiger charge is -2.23. The Morgan fingerprint density at radius 2 is 1.80 bits per heavy atom. The normalized spacial score (nSPS) is 11.6. The van der Waals surface area contributed by atoms with Crippen molar-refractivity contribution in [2.45, 2.75) is 13.0 Å². The number of amides is 2. The molecule has 0 radical (unpaired) electrons. The maximum Gasteiger partial charge on any atom is 0.332 e. The van der Waals surface area contributed by atoms with Crippen LogP contribution in [0.4, 0.5) is 36.7 Å². The summed E-state index contributed by atoms with van der Waals surface area (Å²) in [4.78, 5) is 22.8. The van der Waals surface area contributed by atoms with Crippen molar-refractivity contribution in [1.82, 2.24) is 9.97 Å². The number of benzene rings is 2. The molecule has 1 heterocycles. The SMILES string of the molecule is COCC(C)Nc1nccc(N(C(=O)Nc2c(F)cccc2F)c2ccccc2)n1. The molecule has 9 heteroatoms. The van der Waals surface area contributed by atoms with Gasteiger partial charge in [0.2, 0.25) is 5.95 Å². The molecule has 0 saturated heterocycles. The fourth-order valence-corrected chi connectivity index (χ4v) is 2.77. The second kappa shape index (κ2) is 9.75. The fourth-order valence-electron chi connectivity index (χ4n) is 2.77. The number of nitrogens with one attached hydrogen (secondary N) is 2. The van der Waals surface area contributed by atoms with Crippen LogP contribution in [0.5, 0.6) is 0 Å². The summed E-state index contributed by atoms with van der Waals surface area (Å²) < 4.78 is 33.2. The minimum absolute atomic E-state index is 0.0724. The number of para-hydroxylation sites is 2. The molecule has 1 aromatic heterocycles. The van der Waals surface area contributed by atoms with Crippen LogP contribution in [0, 0.1) is 11.6 Å². The molecule has 156 valence electrons. The third kappa shape index (κ3) is 5.06. The topological polar surface area (TPSA) is 79.4 Å². The van der Waals surface area contributed by atoms with Crippen LogP contribution in [0.3, 0.4) is 0 Å². The highest BCUT2D eigenvalue weighted by Gasteiger charge is 2.22. The van der Waals surface area contributed by atoms with E-state index in [0.29, 0.717) is 12.3 Å². The average molecular weight is 413 g/mol. The predicted octanol–water partition coefficient (Wildman–Crippen LogP) is 4.57. The van der Waals surface area contributed by atoms with E-state index in [1.165, 1.54) is 23.2 Å². The number of rotatable bonds is 7. The first-order valence-corrected chi connectivity index (χ1v) is 9.18. The first kappa shape index (κ1) is 21.1. The third-order valence-corrected chi connectivity index (χ3v) is 4.07. The quantitative estimate of drug-likeness (QED) is 0.593. The van der Waals surface area contributed by atoms with Crippen molar-refractivity contribution in [1.29, 1.82) is 0 Å². The molecule has 0 bridgehead atoms. The molecule has 1 unspecified atom stereocenters. The number of carbonyl (C=O) groups excluding carboxylic acids is 1. The summed E-state index contributed by atoms with van der Waals surface area (Å²) in [5, 5.41) is 5.36. The molecule has 3 rings (SSSR count). The van der Waals surface area contributed by atoms with Gasteiger partial charge in [0.1, 0.15) is 23.1 Å². The van der Waals surface area contributed by atoms with Crippen molar-refractivity contribution in [3.8, 4) is 0 Å². The Kier molecular flexibility index (Phi) is 6.87. The third-order valence-electron chi connectivity index (χ3n) is 4.07. The lowest BCUT2D eigenvalue weighted by atomic mass is 10.2. The minimum atomic E-state index is -0.880. The zero-order valence-electron chi connectivity index (χ0n) is 16.5. The highest BCUT2D eigenvalue weighted by Crippen LogP contribution is 2.26. The number of hydrogen-bond acceptors (Lipinski definition) is 5. The van der Waals surface area contributed by atoms with E-state index in [1.807, 2.05) is 6.92 Å². The van der Waals surface area contributed by atoms with Crippen LogP contribution in [0.1, 0.15) is 6.92 Å². The lowest BCUT2D eigenvalue weighted by molar-refractivity contribution is 0.190. The van der Waals surface area contributed by atoms with Crippen LogP contribution in [-0.2, 0) is 4.74 Å². The fraction of sp³-hybridized carbons (Fsp3) is 0.190. The van der Waals surface area contributed by atoms with Crippen molar-refractivity contribution in [3.05, 3.63) is 72.4 Å². The van der Waals surface area contributed by atoms with Crippen LogP contribution in [0.15, 0.2) is 60.8 Å². The molecule has 2 N–H and O–H groups in total. The van der Waals surface area contributed by atoms with Gasteiger partial charge in [-0.2, -0.15) is 4.98 Å². The number of anilines is 4. The van der Waals surface area contributed by atoms with E-state index in [2.05, 4.69) is 20.6 Å². The van der Waals surface area contributed by atoms with E-state index < -0.39 is 23.4 Å². The number of methoxy groups -OCH3 is 1. The highest BCUT2D eigenvalue weighted by atomic mass is 19.1. The van der Waals surface area contributed by atoms with Crippen LogP contribution in [0.25, 0.3) is 0 Å². The van der Waals surface area contributed by atoms with Crippen molar-refractivity contribution in [2.75, 3.05) is 29.3 Å². The van der Waals surface area contributed by atoms with Crippen LogP contribution in [-0.4, -0.2) is 35.8 Å². The molecule has 3 aromatic rings. The first-order chi connectivity index (χ1) is 14.5. The minimum Gasteiger partial charge on any atom is -0.383 e. The van der Waals surface area contributed by atoms with Gasteiger partial charge in [0, 0.05) is 25.4 Å². The van der Waals surface area contributed by atoms with Gasteiger partial charge in [-0.15, -0.1) is 0 Å². The Morgan fingerprint density at radius 3 is 2.47 bits per heavy atom. The maximum atomic E-state index is 14.0. The largest absolute Gasteiger partial charge is 0.383 e. The number of aromatic nitrogens is 2. The lowest BCUT2D eigenvalue weighted by Crippen LogP contribution is -2.32. The molecule has 2 aromatic carbocycles. The van der Waals surface area contributed by atoms with E-state index in [0.717, 1.165) is 12.1 Å². The summed E-state index contributed by atoms with van der Waals surface area (Å²) in [6.07, 6.45) is 1.48. The molecule has 0 aliphatic carbocycles.